The van der Waals surface area contributed by atoms with Crippen LogP contribution in [0.4, 0.5) is 4.79 Å². The minimum atomic E-state index is -4.18. The second-order valence-corrected chi connectivity index (χ2v) is 10.5. The summed E-state index contributed by atoms with van der Waals surface area (Å²) in [5.74, 6) is 0.331. The van der Waals surface area contributed by atoms with Gasteiger partial charge in [0.25, 0.3) is 0 Å². The Labute approximate surface area is 202 Å². The van der Waals surface area contributed by atoms with E-state index in [4.69, 9.17) is 13.8 Å². The van der Waals surface area contributed by atoms with Crippen molar-refractivity contribution < 1.29 is 33.1 Å². The lowest BCUT2D eigenvalue weighted by atomic mass is 9.73. The third kappa shape index (κ3) is 8.27. The minimum absolute atomic E-state index is 0.0579. The molecule has 0 aliphatic heterocycles. The van der Waals surface area contributed by atoms with Crippen LogP contribution in [0.5, 0.6) is 11.5 Å². The van der Waals surface area contributed by atoms with Gasteiger partial charge in [-0.1, -0.05) is 37.1 Å². The fraction of sp³-hybridized carbons (Fsp3) is 0.560. The number of hydrogen-bond donors (Lipinski definition) is 3. The average molecular weight is 496 g/mol. The molecule has 2 rings (SSSR count). The molecule has 1 aromatic rings. The lowest BCUT2D eigenvalue weighted by Gasteiger charge is -2.32. The second kappa shape index (κ2) is 12.5. The van der Waals surface area contributed by atoms with E-state index in [2.05, 4.69) is 24.9 Å². The first-order chi connectivity index (χ1) is 15.9. The predicted molar refractivity (Wildman–Crippen MR) is 132 cm³/mol. The summed E-state index contributed by atoms with van der Waals surface area (Å²) in [4.78, 5) is 22.1. The molecule has 0 spiro atoms. The van der Waals surface area contributed by atoms with Gasteiger partial charge < -0.3 is 20.1 Å². The Morgan fingerprint density at radius 2 is 2.06 bits per heavy atom. The smallest absolute Gasteiger partial charge is 0.472 e. The number of phosphoric acid groups is 1. The Morgan fingerprint density at radius 3 is 2.68 bits per heavy atom. The highest BCUT2D eigenvalue weighted by atomic mass is 31.2. The summed E-state index contributed by atoms with van der Waals surface area (Å²) in [6.45, 7) is 13.1. The van der Waals surface area contributed by atoms with E-state index in [0.29, 0.717) is 11.3 Å². The maximum Gasteiger partial charge on any atom is 0.472 e. The lowest BCUT2D eigenvalue weighted by Crippen LogP contribution is -2.30. The van der Waals surface area contributed by atoms with Crippen LogP contribution < -0.4 is 10.1 Å². The zero-order chi connectivity index (χ0) is 25.5. The van der Waals surface area contributed by atoms with Crippen molar-refractivity contribution in [1.82, 2.24) is 5.32 Å². The molecule has 0 aromatic heterocycles. The number of benzene rings is 1. The van der Waals surface area contributed by atoms with Crippen LogP contribution >= 0.6 is 7.82 Å². The summed E-state index contributed by atoms with van der Waals surface area (Å²) in [7, 11) is -4.18. The van der Waals surface area contributed by atoms with Crippen molar-refractivity contribution in [2.24, 2.45) is 5.92 Å². The number of nitrogens with one attached hydrogen (secondary N) is 1. The monoisotopic (exact) mass is 495 g/mol. The fourth-order valence-corrected chi connectivity index (χ4v) is 5.09. The number of aromatic hydroxyl groups is 1. The van der Waals surface area contributed by atoms with Crippen LogP contribution in [0, 0.1) is 5.92 Å². The van der Waals surface area contributed by atoms with E-state index < -0.39 is 20.0 Å². The van der Waals surface area contributed by atoms with Crippen molar-refractivity contribution >= 4 is 13.9 Å². The van der Waals surface area contributed by atoms with Gasteiger partial charge >= 0.3 is 13.9 Å². The minimum Gasteiger partial charge on any atom is -0.507 e. The van der Waals surface area contributed by atoms with Crippen LogP contribution in [-0.4, -0.2) is 35.3 Å². The van der Waals surface area contributed by atoms with Crippen molar-refractivity contribution in [3.63, 3.8) is 0 Å². The van der Waals surface area contributed by atoms with E-state index in [1.807, 2.05) is 13.8 Å². The van der Waals surface area contributed by atoms with Gasteiger partial charge in [0.1, 0.15) is 11.5 Å². The third-order valence-electron chi connectivity index (χ3n) is 5.60. The zero-order valence-corrected chi connectivity index (χ0v) is 21.7. The molecule has 9 heteroatoms. The molecule has 34 heavy (non-hydrogen) atoms. The van der Waals surface area contributed by atoms with Crippen LogP contribution in [0.2, 0.25) is 0 Å². The molecular formula is C25H38NO7P. The van der Waals surface area contributed by atoms with E-state index in [-0.39, 0.29) is 30.7 Å². The molecule has 0 saturated carbocycles. The van der Waals surface area contributed by atoms with E-state index in [0.717, 1.165) is 36.8 Å². The molecule has 1 aromatic carbocycles. The van der Waals surface area contributed by atoms with Gasteiger partial charge in [0.2, 0.25) is 0 Å². The number of allylic oxidation sites excluding steroid dienone is 3. The number of phenolic OH excluding ortho intramolecular Hbond substituents is 1. The van der Waals surface area contributed by atoms with Gasteiger partial charge in [0.15, 0.2) is 0 Å². The summed E-state index contributed by atoms with van der Waals surface area (Å²) in [5, 5.41) is 13.5. The van der Waals surface area contributed by atoms with Crippen molar-refractivity contribution in [2.75, 3.05) is 13.2 Å². The maximum atomic E-state index is 12.5. The molecular weight excluding hydrogens is 457 g/mol. The molecule has 0 radical (unpaired) electrons. The molecule has 3 atom stereocenters. The predicted octanol–water partition coefficient (Wildman–Crippen LogP) is 5.99. The largest absolute Gasteiger partial charge is 0.507 e. The molecule has 3 N–H and O–H groups in total. The molecule has 0 heterocycles. The standard InChI is InChI=1S/C25H38NO7P/c1-7-8-19-14-22(27)24(21-13-18(6)9-10-20(21)16(2)3)23(15-19)32-25(28)26-11-12-31-34(29,30)33-17(4)5/h13-15,17,20-21,27H,2,7-12H2,1,3-6H3,(H,26,28)(H,29,30)/t20-,21+/m0/s1. The van der Waals surface area contributed by atoms with Crippen LogP contribution in [0.15, 0.2) is 35.9 Å². The Morgan fingerprint density at radius 1 is 1.35 bits per heavy atom. The van der Waals surface area contributed by atoms with Crippen molar-refractivity contribution in [2.45, 2.75) is 72.3 Å². The Kier molecular flexibility index (Phi) is 10.4. The van der Waals surface area contributed by atoms with E-state index in [1.165, 1.54) is 5.57 Å². The molecule has 190 valence electrons. The number of carbonyl (C=O) groups excluding carboxylic acids is 1. The van der Waals surface area contributed by atoms with Crippen LogP contribution in [0.3, 0.4) is 0 Å². The number of phosphoric ester groups is 1. The van der Waals surface area contributed by atoms with Gasteiger partial charge in [-0.05, 0) is 70.6 Å². The SMILES string of the molecule is C=C(C)[C@@H]1CCC(C)=C[C@H]1c1c(O)cc(CCC)cc1OC(=O)NCCOP(=O)(O)OC(C)C. The van der Waals surface area contributed by atoms with Gasteiger partial charge in [-0.15, -0.1) is 0 Å². The molecule has 1 aliphatic rings. The quantitative estimate of drug-likeness (QED) is 0.196. The van der Waals surface area contributed by atoms with Gasteiger partial charge in [-0.3, -0.25) is 9.05 Å². The first-order valence-corrected chi connectivity index (χ1v) is 13.2. The Bertz CT molecular complexity index is 957. The first-order valence-electron chi connectivity index (χ1n) is 11.7. The van der Waals surface area contributed by atoms with Crippen LogP contribution in [-0.2, 0) is 20.0 Å². The normalized spacial score (nSPS) is 19.9. The fourth-order valence-electron chi connectivity index (χ4n) is 4.17. The average Bonchev–Trinajstić information content (AvgIpc) is 2.70. The summed E-state index contributed by atoms with van der Waals surface area (Å²) >= 11 is 0. The summed E-state index contributed by atoms with van der Waals surface area (Å²) < 4.78 is 27.1. The Balaban J connectivity index is 2.21. The highest BCUT2D eigenvalue weighted by Gasteiger charge is 2.31. The van der Waals surface area contributed by atoms with Crippen molar-refractivity contribution in [1.29, 1.82) is 0 Å². The maximum absolute atomic E-state index is 12.5. The zero-order valence-electron chi connectivity index (χ0n) is 20.8. The lowest BCUT2D eigenvalue weighted by molar-refractivity contribution is 0.120. The topological polar surface area (TPSA) is 114 Å². The number of carbonyl (C=O) groups is 1. The molecule has 0 bridgehead atoms. The van der Waals surface area contributed by atoms with E-state index in [1.54, 1.807) is 26.0 Å². The molecule has 1 unspecified atom stereocenters. The summed E-state index contributed by atoms with van der Waals surface area (Å²) in [5.41, 5.74) is 3.65. The van der Waals surface area contributed by atoms with Crippen LogP contribution in [0.25, 0.3) is 0 Å². The summed E-state index contributed by atoms with van der Waals surface area (Å²) in [6, 6.07) is 3.53. The number of aryl methyl sites for hydroxylation is 1. The highest BCUT2D eigenvalue weighted by molar-refractivity contribution is 7.47. The number of amides is 1. The Hall–Kier alpha value is -2.12. The third-order valence-corrected chi connectivity index (χ3v) is 6.80. The van der Waals surface area contributed by atoms with Gasteiger partial charge in [0, 0.05) is 18.0 Å². The van der Waals surface area contributed by atoms with Gasteiger partial charge in [-0.25, -0.2) is 9.36 Å². The number of phenols is 1. The van der Waals surface area contributed by atoms with Gasteiger partial charge in [-0.2, -0.15) is 0 Å². The number of ether oxygens (including phenoxy) is 1. The summed E-state index contributed by atoms with van der Waals surface area (Å²) in [6.07, 6.45) is 4.34. The number of rotatable bonds is 11. The second-order valence-electron chi connectivity index (χ2n) is 9.08. The molecule has 1 aliphatic carbocycles. The van der Waals surface area contributed by atoms with E-state index in [9.17, 15) is 19.4 Å². The highest BCUT2D eigenvalue weighted by Crippen LogP contribution is 2.47. The van der Waals surface area contributed by atoms with Crippen molar-refractivity contribution in [3.8, 4) is 11.5 Å². The molecule has 0 fully saturated rings. The van der Waals surface area contributed by atoms with Crippen molar-refractivity contribution in [3.05, 3.63) is 47.1 Å². The number of hydrogen-bond acceptors (Lipinski definition) is 6. The molecule has 8 nitrogen and oxygen atoms in total. The molecule has 0 saturated heterocycles. The van der Waals surface area contributed by atoms with E-state index >= 15 is 0 Å². The molecule has 1 amide bonds. The van der Waals surface area contributed by atoms with Crippen LogP contribution in [0.1, 0.15) is 70.9 Å². The first kappa shape index (κ1) is 28.1. The van der Waals surface area contributed by atoms with Gasteiger partial charge in [0.05, 0.1) is 12.7 Å².